The number of thioether (sulfide) groups is 1. The first-order chi connectivity index (χ1) is 14.7. The van der Waals surface area contributed by atoms with E-state index in [9.17, 15) is 4.79 Å². The number of aromatic nitrogens is 4. The molecule has 1 fully saturated rings. The minimum Gasteiger partial charge on any atom is -0.497 e. The summed E-state index contributed by atoms with van der Waals surface area (Å²) in [5, 5.41) is 8.52. The van der Waals surface area contributed by atoms with Crippen LogP contribution in [0.15, 0.2) is 52.5 Å². The molecule has 0 bridgehead atoms. The molecule has 1 amide bonds. The third kappa shape index (κ3) is 5.07. The van der Waals surface area contributed by atoms with Crippen LogP contribution in [-0.2, 0) is 11.2 Å². The number of carbonyl (C=O) groups is 1. The maximum atomic E-state index is 12.5. The van der Waals surface area contributed by atoms with Crippen LogP contribution in [-0.4, -0.2) is 70.0 Å². The van der Waals surface area contributed by atoms with E-state index in [0.717, 1.165) is 30.2 Å². The standard InChI is InChI=1S/C20H22N6O3S/c1-28-16-4-2-15(3-5-16)12-18-23-24-20(29-18)30-14-19(27)26-10-8-25(9-11-26)17-13-21-6-7-22-17/h2-7,13H,8-12,14H2,1H3. The van der Waals surface area contributed by atoms with Crippen LogP contribution < -0.4 is 9.64 Å². The van der Waals surface area contributed by atoms with E-state index >= 15 is 0 Å². The first-order valence-corrected chi connectivity index (χ1v) is 10.6. The Hall–Kier alpha value is -3.14. The van der Waals surface area contributed by atoms with Gasteiger partial charge in [0, 0.05) is 38.6 Å². The van der Waals surface area contributed by atoms with Gasteiger partial charge >= 0.3 is 0 Å². The van der Waals surface area contributed by atoms with E-state index < -0.39 is 0 Å². The maximum absolute atomic E-state index is 12.5. The third-order valence-electron chi connectivity index (χ3n) is 4.79. The number of anilines is 1. The Balaban J connectivity index is 1.23. The van der Waals surface area contributed by atoms with Gasteiger partial charge in [-0.15, -0.1) is 10.2 Å². The van der Waals surface area contributed by atoms with Gasteiger partial charge in [0.1, 0.15) is 11.6 Å². The van der Waals surface area contributed by atoms with Crippen LogP contribution in [0.1, 0.15) is 11.5 Å². The highest BCUT2D eigenvalue weighted by atomic mass is 32.2. The molecule has 9 nitrogen and oxygen atoms in total. The van der Waals surface area contributed by atoms with E-state index in [1.165, 1.54) is 11.8 Å². The Morgan fingerprint density at radius 2 is 1.93 bits per heavy atom. The van der Waals surface area contributed by atoms with Crippen molar-refractivity contribution in [2.75, 3.05) is 43.9 Å². The largest absolute Gasteiger partial charge is 0.497 e. The molecule has 3 aromatic rings. The van der Waals surface area contributed by atoms with Crippen molar-refractivity contribution >= 4 is 23.5 Å². The Bertz CT molecular complexity index is 958. The van der Waals surface area contributed by atoms with Gasteiger partial charge in [0.15, 0.2) is 0 Å². The molecule has 0 saturated carbocycles. The SMILES string of the molecule is COc1ccc(Cc2nnc(SCC(=O)N3CCN(c4cnccn4)CC3)o2)cc1. The second kappa shape index (κ2) is 9.57. The normalized spacial score (nSPS) is 14.0. The molecule has 10 heteroatoms. The van der Waals surface area contributed by atoms with Crippen molar-refractivity contribution in [1.29, 1.82) is 0 Å². The zero-order valence-electron chi connectivity index (χ0n) is 16.6. The number of nitrogens with zero attached hydrogens (tertiary/aromatic N) is 6. The molecule has 1 aliphatic heterocycles. The number of carbonyl (C=O) groups excluding carboxylic acids is 1. The van der Waals surface area contributed by atoms with Gasteiger partial charge in [-0.05, 0) is 17.7 Å². The fraction of sp³-hybridized carbons (Fsp3) is 0.350. The van der Waals surface area contributed by atoms with Crippen molar-refractivity contribution in [2.24, 2.45) is 0 Å². The molecule has 0 N–H and O–H groups in total. The lowest BCUT2D eigenvalue weighted by atomic mass is 10.1. The van der Waals surface area contributed by atoms with Gasteiger partial charge in [-0.1, -0.05) is 23.9 Å². The Morgan fingerprint density at radius 3 is 2.63 bits per heavy atom. The van der Waals surface area contributed by atoms with Gasteiger partial charge in [-0.3, -0.25) is 9.78 Å². The molecule has 156 valence electrons. The summed E-state index contributed by atoms with van der Waals surface area (Å²) in [5.41, 5.74) is 1.05. The van der Waals surface area contributed by atoms with E-state index in [4.69, 9.17) is 9.15 Å². The molecule has 0 radical (unpaired) electrons. The number of benzene rings is 1. The summed E-state index contributed by atoms with van der Waals surface area (Å²) in [4.78, 5) is 24.9. The third-order valence-corrected chi connectivity index (χ3v) is 5.59. The number of rotatable bonds is 7. The molecule has 2 aromatic heterocycles. The van der Waals surface area contributed by atoms with Crippen LogP contribution in [0.3, 0.4) is 0 Å². The molecule has 3 heterocycles. The second-order valence-corrected chi connectivity index (χ2v) is 7.63. The average molecular weight is 427 g/mol. The van der Waals surface area contributed by atoms with Gasteiger partial charge in [0.25, 0.3) is 5.22 Å². The maximum Gasteiger partial charge on any atom is 0.277 e. The minimum absolute atomic E-state index is 0.0636. The molecule has 4 rings (SSSR count). The van der Waals surface area contributed by atoms with E-state index in [0.29, 0.717) is 30.6 Å². The highest BCUT2D eigenvalue weighted by molar-refractivity contribution is 7.99. The number of methoxy groups -OCH3 is 1. The predicted octanol–water partition coefficient (Wildman–Crippen LogP) is 1.90. The van der Waals surface area contributed by atoms with Crippen molar-refractivity contribution in [3.8, 4) is 5.75 Å². The zero-order valence-corrected chi connectivity index (χ0v) is 17.4. The molecular weight excluding hydrogens is 404 g/mol. The number of piperazine rings is 1. The van der Waals surface area contributed by atoms with Gasteiger partial charge in [-0.25, -0.2) is 4.98 Å². The van der Waals surface area contributed by atoms with Crippen molar-refractivity contribution in [3.05, 3.63) is 54.3 Å². The van der Waals surface area contributed by atoms with Crippen LogP contribution in [0.4, 0.5) is 5.82 Å². The van der Waals surface area contributed by atoms with Gasteiger partial charge in [-0.2, -0.15) is 0 Å². The topological polar surface area (TPSA) is 97.5 Å². The number of hydrogen-bond acceptors (Lipinski definition) is 9. The molecule has 1 aromatic carbocycles. The molecule has 0 atom stereocenters. The zero-order chi connectivity index (χ0) is 20.8. The summed E-state index contributed by atoms with van der Waals surface area (Å²) < 4.78 is 10.8. The molecule has 0 spiro atoms. The van der Waals surface area contributed by atoms with E-state index in [1.54, 1.807) is 25.7 Å². The van der Waals surface area contributed by atoms with Crippen molar-refractivity contribution < 1.29 is 13.9 Å². The lowest BCUT2D eigenvalue weighted by Gasteiger charge is -2.35. The van der Waals surface area contributed by atoms with Gasteiger partial charge in [0.05, 0.1) is 25.5 Å². The van der Waals surface area contributed by atoms with E-state index in [1.807, 2.05) is 29.2 Å². The van der Waals surface area contributed by atoms with Crippen LogP contribution in [0.2, 0.25) is 0 Å². The molecule has 0 unspecified atom stereocenters. The fourth-order valence-electron chi connectivity index (χ4n) is 3.14. The number of hydrogen-bond donors (Lipinski definition) is 0. The van der Waals surface area contributed by atoms with Crippen LogP contribution in [0, 0.1) is 0 Å². The first-order valence-electron chi connectivity index (χ1n) is 9.58. The van der Waals surface area contributed by atoms with Crippen molar-refractivity contribution in [1.82, 2.24) is 25.1 Å². The fourth-order valence-corrected chi connectivity index (χ4v) is 3.82. The minimum atomic E-state index is 0.0636. The van der Waals surface area contributed by atoms with Gasteiger partial charge in [0.2, 0.25) is 11.8 Å². The quantitative estimate of drug-likeness (QED) is 0.525. The average Bonchev–Trinajstić information content (AvgIpc) is 3.26. The molecular formula is C20H22N6O3S. The van der Waals surface area contributed by atoms with Crippen LogP contribution in [0.5, 0.6) is 5.75 Å². The molecule has 0 aliphatic carbocycles. The monoisotopic (exact) mass is 426 g/mol. The van der Waals surface area contributed by atoms with Crippen LogP contribution in [0.25, 0.3) is 0 Å². The Morgan fingerprint density at radius 1 is 1.13 bits per heavy atom. The summed E-state index contributed by atoms with van der Waals surface area (Å²) in [5.74, 6) is 2.50. The summed E-state index contributed by atoms with van der Waals surface area (Å²) in [6.45, 7) is 2.79. The smallest absolute Gasteiger partial charge is 0.277 e. The Labute approximate surface area is 178 Å². The van der Waals surface area contributed by atoms with Crippen LogP contribution >= 0.6 is 11.8 Å². The summed E-state index contributed by atoms with van der Waals surface area (Å²) in [6, 6.07) is 7.70. The van der Waals surface area contributed by atoms with E-state index in [-0.39, 0.29) is 11.7 Å². The van der Waals surface area contributed by atoms with E-state index in [2.05, 4.69) is 25.1 Å². The lowest BCUT2D eigenvalue weighted by Crippen LogP contribution is -2.49. The Kier molecular flexibility index (Phi) is 6.43. The number of ether oxygens (including phenoxy) is 1. The molecule has 1 aliphatic rings. The number of amides is 1. The molecule has 30 heavy (non-hydrogen) atoms. The predicted molar refractivity (Wildman–Crippen MR) is 112 cm³/mol. The van der Waals surface area contributed by atoms with Crippen molar-refractivity contribution in [2.45, 2.75) is 11.6 Å². The summed E-state index contributed by atoms with van der Waals surface area (Å²) >= 11 is 1.27. The van der Waals surface area contributed by atoms with Gasteiger partial charge < -0.3 is 19.0 Å². The summed E-state index contributed by atoms with van der Waals surface area (Å²) in [6.07, 6.45) is 5.61. The highest BCUT2D eigenvalue weighted by Crippen LogP contribution is 2.20. The summed E-state index contributed by atoms with van der Waals surface area (Å²) in [7, 11) is 1.63. The van der Waals surface area contributed by atoms with Crippen molar-refractivity contribution in [3.63, 3.8) is 0 Å². The molecule has 1 saturated heterocycles. The second-order valence-electron chi connectivity index (χ2n) is 6.71. The highest BCUT2D eigenvalue weighted by Gasteiger charge is 2.22. The first kappa shape index (κ1) is 20.1. The lowest BCUT2D eigenvalue weighted by molar-refractivity contribution is -0.128.